The van der Waals surface area contributed by atoms with Crippen LogP contribution in [-0.2, 0) is 9.47 Å². The van der Waals surface area contributed by atoms with E-state index in [1.165, 1.54) is 0 Å². The number of nitrogens with zero attached hydrogens (tertiary/aromatic N) is 1. The molecule has 1 amide bonds. The molecule has 1 heterocycles. The first kappa shape index (κ1) is 11.7. The van der Waals surface area contributed by atoms with E-state index in [1.807, 2.05) is 27.8 Å². The maximum absolute atomic E-state index is 11.8. The molecule has 0 aromatic carbocycles. The van der Waals surface area contributed by atoms with Gasteiger partial charge in [0.1, 0.15) is 5.60 Å². The van der Waals surface area contributed by atoms with E-state index >= 15 is 0 Å². The number of epoxide rings is 1. The van der Waals surface area contributed by atoms with E-state index in [1.54, 1.807) is 4.90 Å². The van der Waals surface area contributed by atoms with Crippen LogP contribution in [0.2, 0.25) is 0 Å². The second-order valence-electron chi connectivity index (χ2n) is 5.77. The molecule has 0 bridgehead atoms. The van der Waals surface area contributed by atoms with Crippen molar-refractivity contribution in [1.29, 1.82) is 0 Å². The number of rotatable bonds is 1. The summed E-state index contributed by atoms with van der Waals surface area (Å²) in [5, 5.41) is 0. The van der Waals surface area contributed by atoms with E-state index in [4.69, 9.17) is 9.47 Å². The number of hydrogen-bond donors (Lipinski definition) is 0. The third-order valence-electron chi connectivity index (χ3n) is 3.21. The lowest BCUT2D eigenvalue weighted by atomic mass is 9.95. The van der Waals surface area contributed by atoms with Crippen LogP contribution >= 0.6 is 0 Å². The van der Waals surface area contributed by atoms with Crippen molar-refractivity contribution in [1.82, 2.24) is 4.90 Å². The van der Waals surface area contributed by atoms with E-state index in [0.29, 0.717) is 12.2 Å². The molecule has 1 saturated heterocycles. The average molecular weight is 227 g/mol. The number of hydrogen-bond acceptors (Lipinski definition) is 3. The number of fused-ring (bicyclic) bond motifs is 1. The lowest BCUT2D eigenvalue weighted by molar-refractivity contribution is 0.0195. The molecule has 1 aliphatic carbocycles. The molecule has 0 aromatic rings. The second kappa shape index (κ2) is 3.91. The molecule has 0 aromatic heterocycles. The number of carbonyl (C=O) groups is 1. The maximum Gasteiger partial charge on any atom is 0.410 e. The van der Waals surface area contributed by atoms with Gasteiger partial charge in [-0.05, 0) is 40.0 Å². The van der Waals surface area contributed by atoms with Gasteiger partial charge in [0.2, 0.25) is 0 Å². The summed E-state index contributed by atoms with van der Waals surface area (Å²) >= 11 is 0. The predicted molar refractivity (Wildman–Crippen MR) is 60.3 cm³/mol. The van der Waals surface area contributed by atoms with Crippen molar-refractivity contribution in [2.45, 2.75) is 63.9 Å². The van der Waals surface area contributed by atoms with Crippen molar-refractivity contribution in [2.75, 3.05) is 7.05 Å². The summed E-state index contributed by atoms with van der Waals surface area (Å²) in [7, 11) is 1.82. The fraction of sp³-hybridized carbons (Fsp3) is 0.917. The van der Waals surface area contributed by atoms with Crippen molar-refractivity contribution in [3.8, 4) is 0 Å². The molecule has 0 radical (unpaired) electrons. The summed E-state index contributed by atoms with van der Waals surface area (Å²) in [5.41, 5.74) is -0.418. The van der Waals surface area contributed by atoms with Crippen LogP contribution in [0.25, 0.3) is 0 Å². The molecule has 0 N–H and O–H groups in total. The van der Waals surface area contributed by atoms with E-state index in [9.17, 15) is 4.79 Å². The molecule has 16 heavy (non-hydrogen) atoms. The van der Waals surface area contributed by atoms with Gasteiger partial charge >= 0.3 is 6.09 Å². The molecule has 1 saturated carbocycles. The van der Waals surface area contributed by atoms with Gasteiger partial charge in [-0.15, -0.1) is 0 Å². The lowest BCUT2D eigenvalue weighted by Crippen LogP contribution is -2.42. The average Bonchev–Trinajstić information content (AvgIpc) is 2.91. The van der Waals surface area contributed by atoms with Gasteiger partial charge in [0.05, 0.1) is 12.2 Å². The highest BCUT2D eigenvalue weighted by Crippen LogP contribution is 2.38. The lowest BCUT2D eigenvalue weighted by Gasteiger charge is -2.31. The fourth-order valence-electron chi connectivity index (χ4n) is 2.22. The Morgan fingerprint density at radius 1 is 1.31 bits per heavy atom. The van der Waals surface area contributed by atoms with Crippen molar-refractivity contribution in [3.05, 3.63) is 0 Å². The Morgan fingerprint density at radius 3 is 2.56 bits per heavy atom. The minimum Gasteiger partial charge on any atom is -0.444 e. The van der Waals surface area contributed by atoms with Gasteiger partial charge in [-0.1, -0.05) is 0 Å². The Bertz CT molecular complexity index is 284. The molecule has 92 valence electrons. The minimum atomic E-state index is -0.418. The monoisotopic (exact) mass is 227 g/mol. The molecule has 2 fully saturated rings. The standard InChI is InChI=1S/C12H21NO3/c1-12(2,3)16-11(14)13(4)8-5-6-9-10(7-8)15-9/h8-10H,5-7H2,1-4H3. The summed E-state index contributed by atoms with van der Waals surface area (Å²) in [5.74, 6) is 0. The minimum absolute atomic E-state index is 0.225. The van der Waals surface area contributed by atoms with Crippen molar-refractivity contribution in [3.63, 3.8) is 0 Å². The molecule has 1 aliphatic heterocycles. The Hall–Kier alpha value is -0.770. The molecule has 2 rings (SSSR count). The quantitative estimate of drug-likeness (QED) is 0.645. The SMILES string of the molecule is CN(C(=O)OC(C)(C)C)C1CCC2OC2C1. The van der Waals surface area contributed by atoms with Crippen LogP contribution in [0.15, 0.2) is 0 Å². The summed E-state index contributed by atoms with van der Waals surface area (Å²) in [4.78, 5) is 13.6. The van der Waals surface area contributed by atoms with E-state index in [0.717, 1.165) is 19.3 Å². The fourth-order valence-corrected chi connectivity index (χ4v) is 2.22. The topological polar surface area (TPSA) is 42.1 Å². The third kappa shape index (κ3) is 2.67. The summed E-state index contributed by atoms with van der Waals surface area (Å²) in [6.07, 6.45) is 3.70. The molecular formula is C12H21NO3. The third-order valence-corrected chi connectivity index (χ3v) is 3.21. The van der Waals surface area contributed by atoms with Crippen molar-refractivity contribution in [2.24, 2.45) is 0 Å². The zero-order valence-electron chi connectivity index (χ0n) is 10.5. The molecule has 4 heteroatoms. The smallest absolute Gasteiger partial charge is 0.410 e. The number of ether oxygens (including phenoxy) is 2. The highest BCUT2D eigenvalue weighted by atomic mass is 16.6. The van der Waals surface area contributed by atoms with E-state index in [2.05, 4.69) is 0 Å². The van der Waals surface area contributed by atoms with E-state index < -0.39 is 5.60 Å². The van der Waals surface area contributed by atoms with Crippen LogP contribution in [0.5, 0.6) is 0 Å². The van der Waals surface area contributed by atoms with Crippen LogP contribution in [-0.4, -0.2) is 41.9 Å². The van der Waals surface area contributed by atoms with Gasteiger partial charge in [-0.25, -0.2) is 4.79 Å². The predicted octanol–water partition coefficient (Wildman–Crippen LogP) is 2.17. The zero-order valence-corrected chi connectivity index (χ0v) is 10.5. The van der Waals surface area contributed by atoms with Crippen molar-refractivity contribution >= 4 is 6.09 Å². The molecule has 3 atom stereocenters. The second-order valence-corrected chi connectivity index (χ2v) is 5.77. The van der Waals surface area contributed by atoms with Gasteiger partial charge < -0.3 is 14.4 Å². The largest absolute Gasteiger partial charge is 0.444 e. The van der Waals surface area contributed by atoms with Crippen LogP contribution in [0.1, 0.15) is 40.0 Å². The van der Waals surface area contributed by atoms with Crippen molar-refractivity contribution < 1.29 is 14.3 Å². The first-order valence-electron chi connectivity index (χ1n) is 5.98. The van der Waals surface area contributed by atoms with Crippen LogP contribution in [0.4, 0.5) is 4.79 Å². The van der Waals surface area contributed by atoms with Gasteiger partial charge in [0.25, 0.3) is 0 Å². The Kier molecular flexibility index (Phi) is 2.86. The normalized spacial score (nSPS) is 32.9. The Morgan fingerprint density at radius 2 is 2.00 bits per heavy atom. The molecular weight excluding hydrogens is 206 g/mol. The van der Waals surface area contributed by atoms with Gasteiger partial charge in [0, 0.05) is 13.1 Å². The Balaban J connectivity index is 1.86. The highest BCUT2D eigenvalue weighted by molar-refractivity contribution is 5.68. The maximum atomic E-state index is 11.8. The van der Waals surface area contributed by atoms with Gasteiger partial charge in [-0.3, -0.25) is 0 Å². The first-order valence-corrected chi connectivity index (χ1v) is 5.98. The molecule has 0 spiro atoms. The summed E-state index contributed by atoms with van der Waals surface area (Å²) in [6.45, 7) is 5.67. The highest BCUT2D eigenvalue weighted by Gasteiger charge is 2.45. The van der Waals surface area contributed by atoms with Gasteiger partial charge in [0.15, 0.2) is 0 Å². The first-order chi connectivity index (χ1) is 7.37. The summed E-state index contributed by atoms with van der Waals surface area (Å²) in [6, 6.07) is 0.276. The van der Waals surface area contributed by atoms with Crippen LogP contribution in [0, 0.1) is 0 Å². The van der Waals surface area contributed by atoms with Gasteiger partial charge in [-0.2, -0.15) is 0 Å². The van der Waals surface area contributed by atoms with Crippen LogP contribution < -0.4 is 0 Å². The molecule has 3 unspecified atom stereocenters. The number of carbonyl (C=O) groups excluding carboxylic acids is 1. The van der Waals surface area contributed by atoms with E-state index in [-0.39, 0.29) is 12.1 Å². The van der Waals surface area contributed by atoms with Crippen LogP contribution in [0.3, 0.4) is 0 Å². The number of amides is 1. The zero-order chi connectivity index (χ0) is 11.9. The molecule has 2 aliphatic rings. The Labute approximate surface area is 96.9 Å². The molecule has 4 nitrogen and oxygen atoms in total. The summed E-state index contributed by atoms with van der Waals surface area (Å²) < 4.78 is 10.8.